The Morgan fingerprint density at radius 3 is 1.46 bits per heavy atom. The van der Waals surface area contributed by atoms with Crippen molar-refractivity contribution in [3.63, 3.8) is 0 Å². The predicted octanol–water partition coefficient (Wildman–Crippen LogP) is 4.05. The van der Waals surface area contributed by atoms with Gasteiger partial charge in [-0.1, -0.05) is 78.1 Å². The summed E-state index contributed by atoms with van der Waals surface area (Å²) in [5, 5.41) is 8.65. The van der Waals surface area contributed by atoms with Crippen LogP contribution in [0.3, 0.4) is 0 Å². The van der Waals surface area contributed by atoms with Crippen molar-refractivity contribution in [2.75, 3.05) is 23.9 Å². The second-order valence-corrected chi connectivity index (χ2v) is 9.16. The van der Waals surface area contributed by atoms with Crippen molar-refractivity contribution in [3.05, 3.63) is 0 Å². The van der Waals surface area contributed by atoms with Crippen LogP contribution in [0, 0.1) is 0 Å². The van der Waals surface area contributed by atoms with E-state index in [-0.39, 0.29) is 5.75 Å². The van der Waals surface area contributed by atoms with E-state index in [0.29, 0.717) is 6.61 Å². The van der Waals surface area contributed by atoms with E-state index in [4.69, 9.17) is 5.11 Å². The smallest absolute Gasteiger partial charge is 0.128 e. The highest BCUT2D eigenvalue weighted by Gasteiger charge is 1.97. The average Bonchev–Trinajstić information content (AvgIpc) is 2.55. The summed E-state index contributed by atoms with van der Waals surface area (Å²) in [6.45, 7) is 3.95. The van der Waals surface area contributed by atoms with Crippen LogP contribution in [0.25, 0.3) is 0 Å². The molecule has 0 aliphatic heterocycles. The first-order valence-electron chi connectivity index (χ1n) is 9.65. The Bertz CT molecular complexity index is 303. The van der Waals surface area contributed by atoms with Crippen LogP contribution in [-0.4, -0.2) is 41.9 Å². The fourth-order valence-electron chi connectivity index (χ4n) is 2.25. The highest BCUT2D eigenvalue weighted by molar-refractivity contribution is 7.85. The number of aliphatic hydroxyl groups excluding tert-OH is 1. The summed E-state index contributed by atoms with van der Waals surface area (Å²) in [6, 6.07) is 0. The number of unbranched alkanes of at least 4 members (excludes halogenated alkanes) is 11. The molecular formula is C18H40O4S2. The van der Waals surface area contributed by atoms with Crippen molar-refractivity contribution in [3.8, 4) is 0 Å². The van der Waals surface area contributed by atoms with Gasteiger partial charge >= 0.3 is 0 Å². The molecule has 24 heavy (non-hydrogen) atoms. The Morgan fingerprint density at radius 2 is 1.12 bits per heavy atom. The maximum absolute atomic E-state index is 9.44. The summed E-state index contributed by atoms with van der Waals surface area (Å²) in [7, 11) is -3.91. The SMILES string of the molecule is CCCCCCCCCCCCCC[SH+]CCO.CCS(=O)(=O)[O-]. The lowest BCUT2D eigenvalue weighted by Gasteiger charge is -2.01. The fourth-order valence-corrected chi connectivity index (χ4v) is 3.06. The Labute approximate surface area is 154 Å². The molecule has 0 atom stereocenters. The number of rotatable bonds is 16. The molecule has 0 bridgehead atoms. The van der Waals surface area contributed by atoms with Gasteiger partial charge in [0.2, 0.25) is 0 Å². The molecule has 0 heterocycles. The van der Waals surface area contributed by atoms with Gasteiger partial charge in [-0.05, 0) is 24.6 Å². The normalized spacial score (nSPS) is 11.2. The van der Waals surface area contributed by atoms with E-state index < -0.39 is 10.1 Å². The third-order valence-electron chi connectivity index (χ3n) is 3.78. The second kappa shape index (κ2) is 21.3. The van der Waals surface area contributed by atoms with Crippen molar-refractivity contribution >= 4 is 21.9 Å². The van der Waals surface area contributed by atoms with E-state index in [1.807, 2.05) is 0 Å². The molecule has 1 N–H and O–H groups in total. The van der Waals surface area contributed by atoms with Gasteiger partial charge in [0.05, 0.1) is 16.7 Å². The molecule has 6 heteroatoms. The van der Waals surface area contributed by atoms with Crippen LogP contribution in [0.5, 0.6) is 0 Å². The van der Waals surface area contributed by atoms with Gasteiger partial charge in [-0.15, -0.1) is 0 Å². The molecule has 0 amide bonds. The van der Waals surface area contributed by atoms with E-state index >= 15 is 0 Å². The van der Waals surface area contributed by atoms with E-state index in [2.05, 4.69) is 6.92 Å². The monoisotopic (exact) mass is 384 g/mol. The topological polar surface area (TPSA) is 77.4 Å². The van der Waals surface area contributed by atoms with Gasteiger partial charge in [0.25, 0.3) is 0 Å². The van der Waals surface area contributed by atoms with Crippen LogP contribution in [0.1, 0.15) is 90.9 Å². The lowest BCUT2D eigenvalue weighted by atomic mass is 10.1. The zero-order valence-electron chi connectivity index (χ0n) is 15.8. The van der Waals surface area contributed by atoms with Crippen LogP contribution in [0.4, 0.5) is 0 Å². The number of hydrogen-bond acceptors (Lipinski definition) is 4. The molecule has 0 saturated carbocycles. The lowest BCUT2D eigenvalue weighted by molar-refractivity contribution is 0.322. The van der Waals surface area contributed by atoms with Gasteiger partial charge < -0.3 is 9.66 Å². The highest BCUT2D eigenvalue weighted by atomic mass is 32.2. The first-order valence-corrected chi connectivity index (χ1v) is 12.5. The van der Waals surface area contributed by atoms with E-state index in [1.165, 1.54) is 101 Å². The zero-order chi connectivity index (χ0) is 18.5. The minimum Gasteiger partial charge on any atom is -0.748 e. The lowest BCUT2D eigenvalue weighted by Crippen LogP contribution is -1.98. The van der Waals surface area contributed by atoms with Crippen molar-refractivity contribution in [2.24, 2.45) is 0 Å². The Balaban J connectivity index is 0. The van der Waals surface area contributed by atoms with Gasteiger partial charge in [0.1, 0.15) is 11.5 Å². The average molecular weight is 385 g/mol. The maximum Gasteiger partial charge on any atom is 0.128 e. The molecule has 0 aromatic rings. The van der Waals surface area contributed by atoms with Crippen LogP contribution >= 0.6 is 0 Å². The fraction of sp³-hybridized carbons (Fsp3) is 1.00. The summed E-state index contributed by atoms with van der Waals surface area (Å²) in [5.41, 5.74) is 0. The summed E-state index contributed by atoms with van der Waals surface area (Å²) in [6.07, 6.45) is 17.1. The summed E-state index contributed by atoms with van der Waals surface area (Å²) in [4.78, 5) is 0. The van der Waals surface area contributed by atoms with Crippen molar-refractivity contribution < 1.29 is 18.1 Å². The van der Waals surface area contributed by atoms with Crippen LogP contribution < -0.4 is 0 Å². The van der Waals surface area contributed by atoms with Gasteiger partial charge in [0, 0.05) is 5.75 Å². The Kier molecular flexibility index (Phi) is 23.4. The van der Waals surface area contributed by atoms with Crippen LogP contribution in [-0.2, 0) is 21.9 Å². The third-order valence-corrected chi connectivity index (χ3v) is 5.64. The van der Waals surface area contributed by atoms with Gasteiger partial charge in [-0.2, -0.15) is 0 Å². The first kappa shape index (κ1) is 26.4. The molecule has 0 rings (SSSR count). The summed E-state index contributed by atoms with van der Waals surface area (Å²) in [5.74, 6) is 1.95. The molecule has 0 saturated heterocycles. The molecule has 0 unspecified atom stereocenters. The maximum atomic E-state index is 9.44. The van der Waals surface area contributed by atoms with Crippen LogP contribution in [0.15, 0.2) is 0 Å². The number of hydrogen-bond donors (Lipinski definition) is 1. The standard InChI is InChI=1S/C16H34OS.C2H6O3S/c1-2-3-4-5-6-7-8-9-10-11-12-13-15-18-16-14-17;1-2-6(3,4)5/h17H,2-16H2,1H3;2H2,1H3,(H,3,4,5). The molecule has 0 radical (unpaired) electrons. The second-order valence-electron chi connectivity index (χ2n) is 6.13. The van der Waals surface area contributed by atoms with Crippen molar-refractivity contribution in [2.45, 2.75) is 90.9 Å². The van der Waals surface area contributed by atoms with Gasteiger partial charge in [-0.25, -0.2) is 8.42 Å². The van der Waals surface area contributed by atoms with Crippen LogP contribution in [0.2, 0.25) is 0 Å². The number of thiol groups is 1. The molecule has 4 nitrogen and oxygen atoms in total. The Hall–Kier alpha value is 0.220. The molecule has 0 aromatic carbocycles. The largest absolute Gasteiger partial charge is 0.748 e. The minimum atomic E-state index is -3.91. The molecule has 0 spiro atoms. The molecule has 0 aliphatic carbocycles. The summed E-state index contributed by atoms with van der Waals surface area (Å²) >= 11 is 1.44. The van der Waals surface area contributed by atoms with Gasteiger partial charge in [-0.3, -0.25) is 0 Å². The molecular weight excluding hydrogens is 344 g/mol. The van der Waals surface area contributed by atoms with E-state index in [0.717, 1.165) is 5.75 Å². The summed E-state index contributed by atoms with van der Waals surface area (Å²) < 4.78 is 28.3. The Morgan fingerprint density at radius 1 is 0.750 bits per heavy atom. The van der Waals surface area contributed by atoms with E-state index in [9.17, 15) is 13.0 Å². The zero-order valence-corrected chi connectivity index (χ0v) is 17.6. The van der Waals surface area contributed by atoms with E-state index in [1.54, 1.807) is 0 Å². The first-order chi connectivity index (χ1) is 11.5. The predicted molar refractivity (Wildman–Crippen MR) is 107 cm³/mol. The molecule has 0 fully saturated rings. The molecule has 0 aromatic heterocycles. The minimum absolute atomic E-state index is 0.312. The molecule has 148 valence electrons. The molecule has 0 aliphatic rings. The van der Waals surface area contributed by atoms with Gasteiger partial charge in [0.15, 0.2) is 0 Å². The highest BCUT2D eigenvalue weighted by Crippen LogP contribution is 2.11. The number of aliphatic hydroxyl groups is 1. The van der Waals surface area contributed by atoms with Crippen molar-refractivity contribution in [1.29, 1.82) is 0 Å². The third kappa shape index (κ3) is 30.1. The quantitative estimate of drug-likeness (QED) is 0.188. The van der Waals surface area contributed by atoms with Crippen molar-refractivity contribution in [1.82, 2.24) is 0 Å².